The van der Waals surface area contributed by atoms with Crippen molar-refractivity contribution in [2.75, 3.05) is 20.2 Å². The third kappa shape index (κ3) is 3.90. The molecule has 0 aromatic heterocycles. The zero-order valence-electron chi connectivity index (χ0n) is 8.63. The Morgan fingerprint density at radius 1 is 1.53 bits per heavy atom. The van der Waals surface area contributed by atoms with Gasteiger partial charge in [0.1, 0.15) is 12.0 Å². The van der Waals surface area contributed by atoms with Crippen molar-refractivity contribution in [2.24, 2.45) is 0 Å². The number of rotatable bonds is 6. The molecule has 3 nitrogen and oxygen atoms in total. The number of carbonyl (C=O) groups is 1. The summed E-state index contributed by atoms with van der Waals surface area (Å²) in [6.07, 6.45) is 1.69. The van der Waals surface area contributed by atoms with Crippen LogP contribution in [0.5, 0.6) is 5.75 Å². The second-order valence-electron chi connectivity index (χ2n) is 3.09. The second-order valence-corrected chi connectivity index (χ2v) is 3.50. The van der Waals surface area contributed by atoms with Crippen LogP contribution in [0.3, 0.4) is 0 Å². The summed E-state index contributed by atoms with van der Waals surface area (Å²) in [6, 6.07) is 5.69. The third-order valence-corrected chi connectivity index (χ3v) is 2.33. The summed E-state index contributed by atoms with van der Waals surface area (Å²) in [4.78, 5) is 10.1. The van der Waals surface area contributed by atoms with Crippen molar-refractivity contribution in [3.05, 3.63) is 28.8 Å². The van der Waals surface area contributed by atoms with E-state index in [2.05, 4.69) is 5.32 Å². The number of aldehydes is 1. The maximum atomic E-state index is 10.1. The van der Waals surface area contributed by atoms with Crippen LogP contribution in [0.15, 0.2) is 18.2 Å². The van der Waals surface area contributed by atoms with Crippen LogP contribution in [0.1, 0.15) is 5.56 Å². The fourth-order valence-corrected chi connectivity index (χ4v) is 1.54. The van der Waals surface area contributed by atoms with Gasteiger partial charge in [-0.25, -0.2) is 0 Å². The maximum Gasteiger partial charge on any atom is 0.137 e. The first kappa shape index (κ1) is 12.0. The zero-order chi connectivity index (χ0) is 11.1. The number of hydrogen-bond donors (Lipinski definition) is 1. The van der Waals surface area contributed by atoms with Crippen molar-refractivity contribution in [1.82, 2.24) is 5.32 Å². The van der Waals surface area contributed by atoms with E-state index in [-0.39, 0.29) is 0 Å². The number of halogens is 1. The Balaban J connectivity index is 2.48. The monoisotopic (exact) mass is 227 g/mol. The zero-order valence-corrected chi connectivity index (χ0v) is 9.38. The molecule has 1 N–H and O–H groups in total. The minimum atomic E-state index is 0.393. The highest BCUT2D eigenvalue weighted by molar-refractivity contribution is 6.32. The van der Waals surface area contributed by atoms with Crippen molar-refractivity contribution in [1.29, 1.82) is 0 Å². The van der Waals surface area contributed by atoms with Crippen LogP contribution in [0.2, 0.25) is 5.02 Å². The highest BCUT2D eigenvalue weighted by atomic mass is 35.5. The van der Waals surface area contributed by atoms with Gasteiger partial charge in [0.25, 0.3) is 0 Å². The van der Waals surface area contributed by atoms with E-state index >= 15 is 0 Å². The van der Waals surface area contributed by atoms with Crippen molar-refractivity contribution in [3.8, 4) is 5.75 Å². The molecule has 0 amide bonds. The van der Waals surface area contributed by atoms with Crippen molar-refractivity contribution < 1.29 is 9.53 Å². The van der Waals surface area contributed by atoms with Gasteiger partial charge in [0, 0.05) is 0 Å². The van der Waals surface area contributed by atoms with E-state index in [1.165, 1.54) is 0 Å². The second kappa shape index (κ2) is 6.43. The van der Waals surface area contributed by atoms with Gasteiger partial charge < -0.3 is 14.8 Å². The number of ether oxygens (including phenoxy) is 1. The Morgan fingerprint density at radius 3 is 2.93 bits per heavy atom. The number of hydrogen-bond acceptors (Lipinski definition) is 3. The predicted molar refractivity (Wildman–Crippen MR) is 60.6 cm³/mol. The first-order valence-corrected chi connectivity index (χ1v) is 5.12. The van der Waals surface area contributed by atoms with Crippen molar-refractivity contribution in [3.63, 3.8) is 0 Å². The lowest BCUT2D eigenvalue weighted by atomic mass is 10.1. The lowest BCUT2D eigenvalue weighted by molar-refractivity contribution is -0.107. The number of methoxy groups -OCH3 is 1. The van der Waals surface area contributed by atoms with Crippen LogP contribution in [0, 0.1) is 0 Å². The minimum absolute atomic E-state index is 0.393. The van der Waals surface area contributed by atoms with E-state index in [4.69, 9.17) is 16.3 Å². The van der Waals surface area contributed by atoms with Crippen molar-refractivity contribution in [2.45, 2.75) is 6.42 Å². The Hall–Kier alpha value is -1.06. The van der Waals surface area contributed by atoms with Gasteiger partial charge in [-0.2, -0.15) is 0 Å². The molecular weight excluding hydrogens is 214 g/mol. The van der Waals surface area contributed by atoms with Crippen molar-refractivity contribution >= 4 is 17.9 Å². The van der Waals surface area contributed by atoms with Gasteiger partial charge in [0.05, 0.1) is 18.7 Å². The van der Waals surface area contributed by atoms with Gasteiger partial charge in [0.2, 0.25) is 0 Å². The molecule has 0 atom stereocenters. The number of nitrogens with one attached hydrogen (secondary N) is 1. The fourth-order valence-electron chi connectivity index (χ4n) is 1.26. The SMILES string of the molecule is COc1ccc(CCNCC=O)cc1Cl. The Morgan fingerprint density at radius 2 is 2.33 bits per heavy atom. The molecule has 0 spiro atoms. The summed E-state index contributed by atoms with van der Waals surface area (Å²) < 4.78 is 5.05. The van der Waals surface area contributed by atoms with Gasteiger partial charge in [-0.05, 0) is 30.7 Å². The summed E-state index contributed by atoms with van der Waals surface area (Å²) in [5, 5.41) is 3.61. The van der Waals surface area contributed by atoms with E-state index in [1.807, 2.05) is 18.2 Å². The summed E-state index contributed by atoms with van der Waals surface area (Å²) in [5.74, 6) is 0.682. The summed E-state index contributed by atoms with van der Waals surface area (Å²) in [6.45, 7) is 1.16. The molecule has 0 fully saturated rings. The van der Waals surface area contributed by atoms with E-state index < -0.39 is 0 Å². The average Bonchev–Trinajstić information content (AvgIpc) is 2.25. The summed E-state index contributed by atoms with van der Waals surface area (Å²) in [5.41, 5.74) is 1.12. The highest BCUT2D eigenvalue weighted by Gasteiger charge is 2.01. The molecule has 0 radical (unpaired) electrons. The molecule has 0 saturated heterocycles. The van der Waals surface area contributed by atoms with Crippen LogP contribution < -0.4 is 10.1 Å². The Kier molecular flexibility index (Phi) is 5.15. The van der Waals surface area contributed by atoms with Gasteiger partial charge in [0.15, 0.2) is 0 Å². The van der Waals surface area contributed by atoms with Crippen LogP contribution in [0.4, 0.5) is 0 Å². The first-order chi connectivity index (χ1) is 7.27. The third-order valence-electron chi connectivity index (χ3n) is 2.03. The minimum Gasteiger partial charge on any atom is -0.495 e. The Bertz CT molecular complexity index is 328. The van der Waals surface area contributed by atoms with Crippen LogP contribution in [0.25, 0.3) is 0 Å². The van der Waals surface area contributed by atoms with E-state index in [9.17, 15) is 4.79 Å². The topological polar surface area (TPSA) is 38.3 Å². The molecule has 0 saturated carbocycles. The van der Waals surface area contributed by atoms with Gasteiger partial charge in [-0.1, -0.05) is 17.7 Å². The maximum absolute atomic E-state index is 10.1. The molecule has 0 heterocycles. The molecule has 0 bridgehead atoms. The quantitative estimate of drug-likeness (QED) is 0.594. The van der Waals surface area contributed by atoms with Crippen LogP contribution >= 0.6 is 11.6 Å². The predicted octanol–water partition coefficient (Wildman–Crippen LogP) is 1.68. The van der Waals surface area contributed by atoms with E-state index in [1.54, 1.807) is 7.11 Å². The molecule has 0 aliphatic heterocycles. The molecular formula is C11H14ClNO2. The summed E-state index contributed by atoms with van der Waals surface area (Å²) >= 11 is 5.97. The molecule has 1 aromatic carbocycles. The van der Waals surface area contributed by atoms with Crippen LogP contribution in [-0.4, -0.2) is 26.5 Å². The molecule has 15 heavy (non-hydrogen) atoms. The summed E-state index contributed by atoms with van der Waals surface area (Å²) in [7, 11) is 1.59. The highest BCUT2D eigenvalue weighted by Crippen LogP contribution is 2.24. The fraction of sp³-hybridized carbons (Fsp3) is 0.364. The lowest BCUT2D eigenvalue weighted by Crippen LogP contribution is -2.19. The number of benzene rings is 1. The average molecular weight is 228 g/mol. The molecule has 0 aliphatic carbocycles. The van der Waals surface area contributed by atoms with E-state index in [0.717, 1.165) is 24.8 Å². The van der Waals surface area contributed by atoms with E-state index in [0.29, 0.717) is 17.3 Å². The van der Waals surface area contributed by atoms with Gasteiger partial charge >= 0.3 is 0 Å². The normalized spacial score (nSPS) is 10.0. The Labute approximate surface area is 94.4 Å². The first-order valence-electron chi connectivity index (χ1n) is 4.74. The standard InChI is InChI=1S/C11H14ClNO2/c1-15-11-3-2-9(8-10(11)12)4-5-13-6-7-14/h2-3,7-8,13H,4-6H2,1H3. The molecule has 4 heteroatoms. The number of carbonyl (C=O) groups excluding carboxylic acids is 1. The van der Waals surface area contributed by atoms with Gasteiger partial charge in [-0.15, -0.1) is 0 Å². The molecule has 1 rings (SSSR count). The molecule has 0 unspecified atom stereocenters. The van der Waals surface area contributed by atoms with Gasteiger partial charge in [-0.3, -0.25) is 0 Å². The largest absolute Gasteiger partial charge is 0.495 e. The lowest BCUT2D eigenvalue weighted by Gasteiger charge is -2.06. The smallest absolute Gasteiger partial charge is 0.137 e. The molecule has 0 aliphatic rings. The van der Waals surface area contributed by atoms with Crippen LogP contribution in [-0.2, 0) is 11.2 Å². The molecule has 1 aromatic rings. The molecule has 82 valence electrons.